The molecule has 1 saturated heterocycles. The first-order valence-electron chi connectivity index (χ1n) is 5.92. The molecule has 0 atom stereocenters. The van der Waals surface area contributed by atoms with E-state index in [1.807, 2.05) is 30.3 Å². The summed E-state index contributed by atoms with van der Waals surface area (Å²) in [5.41, 5.74) is 0.960. The van der Waals surface area contributed by atoms with Gasteiger partial charge in [0.25, 0.3) is 0 Å². The van der Waals surface area contributed by atoms with Gasteiger partial charge in [0.15, 0.2) is 0 Å². The molecule has 0 saturated carbocycles. The van der Waals surface area contributed by atoms with Crippen LogP contribution in [0.4, 0.5) is 0 Å². The average molecular weight is 248 g/mol. The molecule has 1 heterocycles. The fourth-order valence-corrected chi connectivity index (χ4v) is 1.79. The maximum atomic E-state index is 11.6. The number of rotatable bonds is 4. The van der Waals surface area contributed by atoms with Crippen molar-refractivity contribution in [1.82, 2.24) is 10.2 Å². The highest BCUT2D eigenvalue weighted by molar-refractivity contribution is 5.80. The van der Waals surface area contributed by atoms with E-state index in [0.717, 1.165) is 5.56 Å². The maximum absolute atomic E-state index is 11.6. The molecule has 1 aliphatic rings. The van der Waals surface area contributed by atoms with Gasteiger partial charge in [-0.15, -0.1) is 0 Å². The summed E-state index contributed by atoms with van der Waals surface area (Å²) in [4.78, 5) is 24.5. The van der Waals surface area contributed by atoms with E-state index in [0.29, 0.717) is 13.1 Å². The van der Waals surface area contributed by atoms with Gasteiger partial charge >= 0.3 is 5.97 Å². The molecule has 1 aromatic carbocycles. The molecule has 2 rings (SSSR count). The van der Waals surface area contributed by atoms with Gasteiger partial charge in [-0.3, -0.25) is 14.5 Å². The number of benzene rings is 1. The number of carbonyl (C=O) groups is 2. The summed E-state index contributed by atoms with van der Waals surface area (Å²) in [6.07, 6.45) is 0. The molecule has 0 unspecified atom stereocenters. The minimum atomic E-state index is -0.298. The molecule has 0 aliphatic carbocycles. The number of carbonyl (C=O) groups excluding carboxylic acids is 2. The molecule has 1 aromatic rings. The van der Waals surface area contributed by atoms with Crippen LogP contribution in [0.2, 0.25) is 0 Å². The zero-order chi connectivity index (χ0) is 12.8. The van der Waals surface area contributed by atoms with Gasteiger partial charge in [0.05, 0.1) is 13.1 Å². The largest absolute Gasteiger partial charge is 0.460 e. The van der Waals surface area contributed by atoms with E-state index in [-0.39, 0.29) is 31.6 Å². The van der Waals surface area contributed by atoms with E-state index in [2.05, 4.69) is 5.32 Å². The van der Waals surface area contributed by atoms with E-state index in [9.17, 15) is 9.59 Å². The van der Waals surface area contributed by atoms with Crippen molar-refractivity contribution in [1.29, 1.82) is 0 Å². The smallest absolute Gasteiger partial charge is 0.320 e. The Kier molecular flexibility index (Phi) is 4.30. The number of hydrogen-bond acceptors (Lipinski definition) is 4. The Morgan fingerprint density at radius 1 is 1.33 bits per heavy atom. The van der Waals surface area contributed by atoms with Gasteiger partial charge in [0, 0.05) is 13.1 Å². The van der Waals surface area contributed by atoms with Crippen molar-refractivity contribution in [3.63, 3.8) is 0 Å². The Bertz CT molecular complexity index is 420. The van der Waals surface area contributed by atoms with E-state index in [1.54, 1.807) is 4.90 Å². The summed E-state index contributed by atoms with van der Waals surface area (Å²) in [5, 5.41) is 2.71. The summed E-state index contributed by atoms with van der Waals surface area (Å²) < 4.78 is 5.15. The van der Waals surface area contributed by atoms with E-state index in [4.69, 9.17) is 4.74 Å². The molecule has 5 heteroatoms. The van der Waals surface area contributed by atoms with Gasteiger partial charge in [-0.05, 0) is 5.56 Å². The number of ether oxygens (including phenoxy) is 1. The number of amides is 1. The molecular formula is C13H16N2O3. The maximum Gasteiger partial charge on any atom is 0.320 e. The first-order chi connectivity index (χ1) is 8.74. The Labute approximate surface area is 106 Å². The lowest BCUT2D eigenvalue weighted by Gasteiger charge is -2.25. The first-order valence-corrected chi connectivity index (χ1v) is 5.92. The topological polar surface area (TPSA) is 58.6 Å². The fourth-order valence-electron chi connectivity index (χ4n) is 1.79. The van der Waals surface area contributed by atoms with Crippen LogP contribution < -0.4 is 5.32 Å². The lowest BCUT2D eigenvalue weighted by molar-refractivity contribution is -0.146. The van der Waals surface area contributed by atoms with Crippen LogP contribution in [0.25, 0.3) is 0 Å². The molecule has 5 nitrogen and oxygen atoms in total. The Balaban J connectivity index is 1.73. The van der Waals surface area contributed by atoms with E-state index in [1.165, 1.54) is 0 Å². The summed E-state index contributed by atoms with van der Waals surface area (Å²) in [6, 6.07) is 9.52. The first kappa shape index (κ1) is 12.6. The van der Waals surface area contributed by atoms with Gasteiger partial charge in [-0.25, -0.2) is 0 Å². The number of esters is 1. The standard InChI is InChI=1S/C13H16N2O3/c16-12-8-15(7-6-14-12)9-13(17)18-10-11-4-2-1-3-5-11/h1-5H,6-10H2,(H,14,16). The molecule has 0 spiro atoms. The van der Waals surface area contributed by atoms with E-state index >= 15 is 0 Å². The summed E-state index contributed by atoms with van der Waals surface area (Å²) in [7, 11) is 0. The second-order valence-corrected chi connectivity index (χ2v) is 4.21. The summed E-state index contributed by atoms with van der Waals surface area (Å²) in [5.74, 6) is -0.342. The van der Waals surface area contributed by atoms with Crippen LogP contribution >= 0.6 is 0 Å². The highest BCUT2D eigenvalue weighted by Crippen LogP contribution is 2.01. The fraction of sp³-hybridized carbons (Fsp3) is 0.385. The van der Waals surface area contributed by atoms with Crippen molar-refractivity contribution in [2.24, 2.45) is 0 Å². The van der Waals surface area contributed by atoms with Gasteiger partial charge in [0.2, 0.25) is 5.91 Å². The second kappa shape index (κ2) is 6.16. The van der Waals surface area contributed by atoms with Crippen LogP contribution in [-0.2, 0) is 20.9 Å². The molecule has 0 radical (unpaired) electrons. The lowest BCUT2D eigenvalue weighted by atomic mass is 10.2. The van der Waals surface area contributed by atoms with Crippen molar-refractivity contribution in [3.05, 3.63) is 35.9 Å². The van der Waals surface area contributed by atoms with Crippen LogP contribution in [0.15, 0.2) is 30.3 Å². The Morgan fingerprint density at radius 2 is 2.11 bits per heavy atom. The molecule has 18 heavy (non-hydrogen) atoms. The van der Waals surface area contributed by atoms with Crippen molar-refractivity contribution >= 4 is 11.9 Å². The number of nitrogens with one attached hydrogen (secondary N) is 1. The molecule has 1 aliphatic heterocycles. The number of hydrogen-bond donors (Lipinski definition) is 1. The summed E-state index contributed by atoms with van der Waals surface area (Å²) in [6.45, 7) is 1.98. The van der Waals surface area contributed by atoms with Crippen molar-refractivity contribution in [3.8, 4) is 0 Å². The third-order valence-corrected chi connectivity index (χ3v) is 2.71. The third-order valence-electron chi connectivity index (χ3n) is 2.71. The highest BCUT2D eigenvalue weighted by atomic mass is 16.5. The van der Waals surface area contributed by atoms with Crippen LogP contribution in [0.5, 0.6) is 0 Å². The SMILES string of the molecule is O=C1CN(CC(=O)OCc2ccccc2)CCN1. The molecule has 1 amide bonds. The van der Waals surface area contributed by atoms with Crippen LogP contribution in [0.3, 0.4) is 0 Å². The zero-order valence-corrected chi connectivity index (χ0v) is 10.1. The van der Waals surface area contributed by atoms with Gasteiger partial charge in [0.1, 0.15) is 6.61 Å². The summed E-state index contributed by atoms with van der Waals surface area (Å²) >= 11 is 0. The predicted molar refractivity (Wildman–Crippen MR) is 65.7 cm³/mol. The van der Waals surface area contributed by atoms with Gasteiger partial charge in [-0.2, -0.15) is 0 Å². The normalized spacial score (nSPS) is 16.1. The minimum Gasteiger partial charge on any atom is -0.460 e. The number of nitrogens with zero attached hydrogens (tertiary/aromatic N) is 1. The highest BCUT2D eigenvalue weighted by Gasteiger charge is 2.18. The van der Waals surface area contributed by atoms with E-state index < -0.39 is 0 Å². The third kappa shape index (κ3) is 3.85. The quantitative estimate of drug-likeness (QED) is 0.771. The molecule has 0 aromatic heterocycles. The van der Waals surface area contributed by atoms with Crippen LogP contribution in [0, 0.1) is 0 Å². The van der Waals surface area contributed by atoms with Crippen molar-refractivity contribution < 1.29 is 14.3 Å². The van der Waals surface area contributed by atoms with Gasteiger partial charge < -0.3 is 10.1 Å². The molecule has 0 bridgehead atoms. The predicted octanol–water partition coefficient (Wildman–Crippen LogP) is 0.162. The minimum absolute atomic E-state index is 0.0443. The van der Waals surface area contributed by atoms with Gasteiger partial charge in [-0.1, -0.05) is 30.3 Å². The van der Waals surface area contributed by atoms with Crippen molar-refractivity contribution in [2.75, 3.05) is 26.2 Å². The Morgan fingerprint density at radius 3 is 2.83 bits per heavy atom. The molecule has 1 N–H and O–H groups in total. The monoisotopic (exact) mass is 248 g/mol. The second-order valence-electron chi connectivity index (χ2n) is 4.21. The Hall–Kier alpha value is -1.88. The molecular weight excluding hydrogens is 232 g/mol. The lowest BCUT2D eigenvalue weighted by Crippen LogP contribution is -2.49. The zero-order valence-electron chi connectivity index (χ0n) is 10.1. The number of piperazine rings is 1. The molecule has 96 valence electrons. The van der Waals surface area contributed by atoms with Crippen LogP contribution in [-0.4, -0.2) is 43.0 Å². The average Bonchev–Trinajstić information content (AvgIpc) is 2.38. The van der Waals surface area contributed by atoms with Crippen molar-refractivity contribution in [2.45, 2.75) is 6.61 Å². The van der Waals surface area contributed by atoms with Crippen LogP contribution in [0.1, 0.15) is 5.56 Å². The molecule has 1 fully saturated rings.